The van der Waals surface area contributed by atoms with E-state index >= 15 is 0 Å². The summed E-state index contributed by atoms with van der Waals surface area (Å²) in [5.74, 6) is 0.169. The fourth-order valence-corrected chi connectivity index (χ4v) is 8.52. The van der Waals surface area contributed by atoms with Gasteiger partial charge in [0.2, 0.25) is 11.8 Å². The van der Waals surface area contributed by atoms with E-state index in [4.69, 9.17) is 16.3 Å². The third kappa shape index (κ3) is 8.15. The summed E-state index contributed by atoms with van der Waals surface area (Å²) in [5, 5.41) is 13.3. The van der Waals surface area contributed by atoms with E-state index < -0.39 is 23.7 Å². The van der Waals surface area contributed by atoms with Gasteiger partial charge in [-0.15, -0.1) is 0 Å². The number of nitrogens with one attached hydrogen (secondary N) is 3. The average molecular weight is 768 g/mol. The molecular formula is C39H45ClF3N7O4. The molecule has 3 fully saturated rings. The number of carbonyl (C=O) groups excluding carboxylic acids is 2. The minimum Gasteiger partial charge on any atom is -0.496 e. The number of piperidine rings is 3. The molecule has 3 aliphatic rings. The molecule has 3 aliphatic heterocycles. The summed E-state index contributed by atoms with van der Waals surface area (Å²) in [5.41, 5.74) is 2.73. The minimum absolute atomic E-state index is 0.144. The molecule has 0 spiro atoms. The van der Waals surface area contributed by atoms with Gasteiger partial charge in [0, 0.05) is 53.4 Å². The molecule has 0 radical (unpaired) electrons. The summed E-state index contributed by atoms with van der Waals surface area (Å²) in [6.07, 6.45) is 3.75. The fourth-order valence-electron chi connectivity index (χ4n) is 8.25. The summed E-state index contributed by atoms with van der Waals surface area (Å²) < 4.78 is 50.1. The van der Waals surface area contributed by atoms with Gasteiger partial charge >= 0.3 is 6.18 Å². The lowest BCUT2D eigenvalue weighted by molar-refractivity contribution is -0.138. The number of fused-ring (bicyclic) bond motifs is 1. The number of aromatic nitrogens is 3. The summed E-state index contributed by atoms with van der Waals surface area (Å²) in [6.45, 7) is 4.94. The largest absolute Gasteiger partial charge is 0.496 e. The highest BCUT2D eigenvalue weighted by Crippen LogP contribution is 2.41. The number of carbonyl (C=O) groups is 2. The number of ether oxygens (including phenoxy) is 1. The number of halogens is 4. The minimum atomic E-state index is -4.53. The molecule has 0 saturated carbocycles. The van der Waals surface area contributed by atoms with Crippen LogP contribution >= 0.6 is 11.6 Å². The monoisotopic (exact) mass is 767 g/mol. The van der Waals surface area contributed by atoms with Crippen LogP contribution in [0.4, 0.5) is 18.9 Å². The van der Waals surface area contributed by atoms with Crippen molar-refractivity contribution in [2.45, 2.75) is 69.6 Å². The SMILES string of the molecule is COc1cc(-c2cn(C)c(=O)c3[nH]ncc23)cc(Cl)c1CN1CCC(CCN2CCC(c3ccc(NC4CCC(=O)NC4=O)cc3C(F)(F)F)CC2)CC1. The summed E-state index contributed by atoms with van der Waals surface area (Å²) in [6, 6.07) is 7.39. The zero-order valence-electron chi connectivity index (χ0n) is 30.4. The van der Waals surface area contributed by atoms with Gasteiger partial charge < -0.3 is 19.5 Å². The van der Waals surface area contributed by atoms with Crippen LogP contribution in [-0.2, 0) is 29.4 Å². The fraction of sp³-hybridized carbons (Fsp3) is 0.487. The van der Waals surface area contributed by atoms with Gasteiger partial charge in [-0.05, 0) is 118 Å². The molecule has 11 nitrogen and oxygen atoms in total. The number of hydrogen-bond acceptors (Lipinski definition) is 8. The summed E-state index contributed by atoms with van der Waals surface area (Å²) in [4.78, 5) is 40.9. The lowest BCUT2D eigenvalue weighted by Crippen LogP contribution is -2.47. The number of amides is 2. The molecule has 5 heterocycles. The van der Waals surface area contributed by atoms with E-state index in [-0.39, 0.29) is 35.9 Å². The Kier molecular flexibility index (Phi) is 11.1. The Morgan fingerprint density at radius 3 is 2.44 bits per heavy atom. The third-order valence-electron chi connectivity index (χ3n) is 11.4. The van der Waals surface area contributed by atoms with Crippen LogP contribution in [0.25, 0.3) is 22.0 Å². The average Bonchev–Trinajstić information content (AvgIpc) is 3.65. The Hall–Kier alpha value is -4.40. The molecule has 3 saturated heterocycles. The molecule has 54 heavy (non-hydrogen) atoms. The van der Waals surface area contributed by atoms with Gasteiger partial charge in [-0.3, -0.25) is 29.7 Å². The summed E-state index contributed by atoms with van der Waals surface area (Å²) >= 11 is 6.89. The van der Waals surface area contributed by atoms with Crippen molar-refractivity contribution in [1.82, 2.24) is 29.9 Å². The molecule has 1 unspecified atom stereocenters. The van der Waals surface area contributed by atoms with Gasteiger partial charge in [-0.2, -0.15) is 18.3 Å². The second-order valence-corrected chi connectivity index (χ2v) is 15.2. The highest BCUT2D eigenvalue weighted by Gasteiger charge is 2.37. The molecule has 2 aromatic carbocycles. The lowest BCUT2D eigenvalue weighted by Gasteiger charge is -2.36. The topological polar surface area (TPSA) is 125 Å². The molecule has 7 rings (SSSR count). The highest BCUT2D eigenvalue weighted by atomic mass is 35.5. The first kappa shape index (κ1) is 37.9. The van der Waals surface area contributed by atoms with Crippen LogP contribution in [0.5, 0.6) is 5.75 Å². The number of nitrogens with zero attached hydrogens (tertiary/aromatic N) is 4. The number of aryl methyl sites for hydroxylation is 1. The van der Waals surface area contributed by atoms with Gasteiger partial charge in [-0.1, -0.05) is 17.7 Å². The van der Waals surface area contributed by atoms with Gasteiger partial charge in [-0.25, -0.2) is 0 Å². The molecule has 2 amide bonds. The van der Waals surface area contributed by atoms with Crippen LogP contribution in [-0.4, -0.2) is 82.3 Å². The number of methoxy groups -OCH3 is 1. The van der Waals surface area contributed by atoms with Crippen LogP contribution in [0.2, 0.25) is 5.02 Å². The van der Waals surface area contributed by atoms with E-state index in [1.165, 1.54) is 4.57 Å². The number of anilines is 1. The van der Waals surface area contributed by atoms with E-state index in [0.717, 1.165) is 80.1 Å². The predicted octanol–water partition coefficient (Wildman–Crippen LogP) is 6.31. The first-order valence-electron chi connectivity index (χ1n) is 18.5. The number of aromatic amines is 1. The maximum absolute atomic E-state index is 14.2. The second kappa shape index (κ2) is 15.8. The number of hydrogen-bond donors (Lipinski definition) is 3. The van der Waals surface area contributed by atoms with Crippen molar-refractivity contribution in [3.63, 3.8) is 0 Å². The van der Waals surface area contributed by atoms with Crippen molar-refractivity contribution < 1.29 is 27.5 Å². The maximum atomic E-state index is 14.2. The molecule has 4 aromatic rings. The van der Waals surface area contributed by atoms with Gasteiger partial charge in [0.1, 0.15) is 17.3 Å². The molecule has 15 heteroatoms. The quantitative estimate of drug-likeness (QED) is 0.161. The van der Waals surface area contributed by atoms with Gasteiger partial charge in [0.15, 0.2) is 0 Å². The number of imide groups is 1. The standard InChI is InChI=1S/C39H45ClF3N7O4/c1-48-21-29(28-20-44-47-36(28)38(48)53)25-17-32(40)30(34(18-25)54-2)22-50-13-8-23(9-14-50)7-12-49-15-10-24(11-16-49)27-4-3-26(19-31(27)39(41,42)43)45-33-5-6-35(51)46-37(33)52/h3-4,17-21,23-24,33,45H,5-16,22H2,1-2H3,(H,44,47)(H,46,51,52). The molecule has 3 N–H and O–H groups in total. The van der Waals surface area contributed by atoms with Crippen LogP contribution in [0, 0.1) is 5.92 Å². The van der Waals surface area contributed by atoms with Crippen LogP contribution in [0.3, 0.4) is 0 Å². The molecule has 0 aliphatic carbocycles. The van der Waals surface area contributed by atoms with Crippen molar-refractivity contribution in [1.29, 1.82) is 0 Å². The summed E-state index contributed by atoms with van der Waals surface area (Å²) in [7, 11) is 3.34. The Morgan fingerprint density at radius 2 is 1.74 bits per heavy atom. The normalized spacial score (nSPS) is 19.7. The van der Waals surface area contributed by atoms with Crippen molar-refractivity contribution in [3.8, 4) is 16.9 Å². The van der Waals surface area contributed by atoms with Crippen LogP contribution in [0.15, 0.2) is 47.5 Å². The zero-order chi connectivity index (χ0) is 38.1. The predicted molar refractivity (Wildman–Crippen MR) is 201 cm³/mol. The smallest absolute Gasteiger partial charge is 0.416 e. The van der Waals surface area contributed by atoms with Crippen molar-refractivity contribution in [2.75, 3.05) is 45.2 Å². The highest BCUT2D eigenvalue weighted by molar-refractivity contribution is 6.32. The number of benzene rings is 2. The van der Waals surface area contributed by atoms with Crippen LogP contribution in [0.1, 0.15) is 67.6 Å². The van der Waals surface area contributed by atoms with E-state index in [0.29, 0.717) is 47.2 Å². The maximum Gasteiger partial charge on any atom is 0.416 e. The Morgan fingerprint density at radius 1 is 1.00 bits per heavy atom. The van der Waals surface area contributed by atoms with Crippen molar-refractivity contribution >= 4 is 40.0 Å². The number of likely N-dealkylation sites (tertiary alicyclic amines) is 2. The molecule has 1 atom stereocenters. The zero-order valence-corrected chi connectivity index (χ0v) is 31.2. The third-order valence-corrected chi connectivity index (χ3v) is 11.7. The molecule has 288 valence electrons. The second-order valence-electron chi connectivity index (χ2n) is 14.8. The number of pyridine rings is 1. The van der Waals surface area contributed by atoms with E-state index in [2.05, 4.69) is 30.6 Å². The van der Waals surface area contributed by atoms with Crippen molar-refractivity contribution in [2.24, 2.45) is 13.0 Å². The van der Waals surface area contributed by atoms with Crippen LogP contribution < -0.4 is 20.9 Å². The molecule has 2 aromatic heterocycles. The molecular weight excluding hydrogens is 723 g/mol. The first-order chi connectivity index (χ1) is 25.9. The van der Waals surface area contributed by atoms with E-state index in [1.54, 1.807) is 38.7 Å². The van der Waals surface area contributed by atoms with E-state index in [9.17, 15) is 27.6 Å². The number of alkyl halides is 3. The Bertz CT molecular complexity index is 2080. The van der Waals surface area contributed by atoms with Crippen molar-refractivity contribution in [3.05, 3.63) is 74.8 Å². The Balaban J connectivity index is 0.903. The molecule has 0 bridgehead atoms. The van der Waals surface area contributed by atoms with E-state index in [1.807, 2.05) is 12.1 Å². The lowest BCUT2D eigenvalue weighted by atomic mass is 9.85. The first-order valence-corrected chi connectivity index (χ1v) is 18.9. The van der Waals surface area contributed by atoms with Gasteiger partial charge in [0.05, 0.1) is 18.9 Å². The van der Waals surface area contributed by atoms with Gasteiger partial charge in [0.25, 0.3) is 5.56 Å². The Labute approximate surface area is 316 Å². The number of H-pyrrole nitrogens is 1. The number of rotatable bonds is 10.